The van der Waals surface area contributed by atoms with E-state index < -0.39 is 107 Å². The third kappa shape index (κ3) is 7.03. The Kier molecular flexibility index (Phi) is 8.31. The fourth-order valence-electron chi connectivity index (χ4n) is 5.00. The second-order valence-electron chi connectivity index (χ2n) is 9.61. The summed E-state index contributed by atoms with van der Waals surface area (Å²) in [6.45, 7) is -4.34. The summed E-state index contributed by atoms with van der Waals surface area (Å²) >= 11 is 0. The summed E-state index contributed by atoms with van der Waals surface area (Å²) < 4.78 is 99.9. The average molecular weight is 626 g/mol. The number of ether oxygens (including phenoxy) is 5. The maximum absolute atomic E-state index is 15.5. The number of fused-ring (bicyclic) bond motifs is 1. The van der Waals surface area contributed by atoms with Crippen LogP contribution in [-0.4, -0.2) is 64.6 Å². The lowest BCUT2D eigenvalue weighted by molar-refractivity contribution is -0.267. The molecule has 1 aliphatic heterocycles. The van der Waals surface area contributed by atoms with E-state index in [1.54, 1.807) is 0 Å². The summed E-state index contributed by atoms with van der Waals surface area (Å²) in [5.74, 6) is -5.38. The van der Waals surface area contributed by atoms with Crippen LogP contribution in [0.2, 0.25) is 0 Å². The van der Waals surface area contributed by atoms with Gasteiger partial charge in [0.15, 0.2) is 24.5 Å². The van der Waals surface area contributed by atoms with Crippen LogP contribution in [0.25, 0.3) is 10.9 Å². The topological polar surface area (TPSA) is 140 Å². The van der Waals surface area contributed by atoms with Crippen LogP contribution in [0.5, 0.6) is 0 Å². The molecule has 2 unspecified atom stereocenters. The van der Waals surface area contributed by atoms with Crippen molar-refractivity contribution in [2.24, 2.45) is 0 Å². The number of halogens is 3. The Labute approximate surface area is 255 Å². The molecule has 1 N–H and O–H groups in total. The van der Waals surface area contributed by atoms with Crippen molar-refractivity contribution in [1.82, 2.24) is 4.57 Å². The Morgan fingerprint density at radius 3 is 2.09 bits per heavy atom. The first-order chi connectivity index (χ1) is 22.9. The number of hydrogen-bond donors (Lipinski definition) is 1. The number of rotatable bonds is 9. The van der Waals surface area contributed by atoms with Gasteiger partial charge in [-0.2, -0.15) is 0 Å². The number of aromatic nitrogens is 1. The Hall–Kier alpha value is -4.43. The molecular formula is C30H30F3NO10. The van der Waals surface area contributed by atoms with Crippen molar-refractivity contribution in [2.45, 2.75) is 70.8 Å². The van der Waals surface area contributed by atoms with E-state index in [1.807, 2.05) is 0 Å². The molecule has 1 aromatic heterocycles. The third-order valence-corrected chi connectivity index (χ3v) is 6.73. The SMILES string of the molecule is [2H]CC(=O)OC[C@H]1OC(n2cc(C(O)c3ccc(C(F)F)cc3)c3c(F)cccc32)[C@H](OC(=O)C[2H])[C@@H](OC(=O)C[2H])[C@@H]1OC(=O)C[2H]. The molecule has 11 nitrogen and oxygen atoms in total. The lowest BCUT2D eigenvalue weighted by Crippen LogP contribution is -2.60. The summed E-state index contributed by atoms with van der Waals surface area (Å²) in [7, 11) is 0. The van der Waals surface area contributed by atoms with Crippen LogP contribution in [0.4, 0.5) is 13.2 Å². The third-order valence-electron chi connectivity index (χ3n) is 6.73. The smallest absolute Gasteiger partial charge is 0.303 e. The predicted molar refractivity (Wildman–Crippen MR) is 145 cm³/mol. The first-order valence-electron chi connectivity index (χ1n) is 15.7. The van der Waals surface area contributed by atoms with Crippen molar-refractivity contribution in [3.05, 3.63) is 71.2 Å². The van der Waals surface area contributed by atoms with Gasteiger partial charge < -0.3 is 33.4 Å². The Morgan fingerprint density at radius 2 is 1.48 bits per heavy atom. The van der Waals surface area contributed by atoms with E-state index in [1.165, 1.54) is 35.0 Å². The number of hydrogen-bond acceptors (Lipinski definition) is 10. The van der Waals surface area contributed by atoms with Crippen LogP contribution >= 0.6 is 0 Å². The number of benzene rings is 2. The van der Waals surface area contributed by atoms with Gasteiger partial charge in [0.2, 0.25) is 0 Å². The summed E-state index contributed by atoms with van der Waals surface area (Å²) in [5, 5.41) is 11.2. The molecule has 14 heteroatoms. The molecule has 6 atom stereocenters. The highest BCUT2D eigenvalue weighted by Gasteiger charge is 2.53. The molecule has 1 fully saturated rings. The first kappa shape index (κ1) is 27.1. The first-order valence-corrected chi connectivity index (χ1v) is 12.8. The van der Waals surface area contributed by atoms with Gasteiger partial charge in [0.1, 0.15) is 24.6 Å². The molecule has 44 heavy (non-hydrogen) atoms. The van der Waals surface area contributed by atoms with E-state index in [0.717, 1.165) is 18.2 Å². The standard InChI is InChI=1S/C30H30F3NO10/c1-14(35)40-13-23-26(41-15(2)36)27(42-16(3)37)28(43-17(4)38)30(44-23)34-12-20(24-21(31)6-5-7-22(24)34)25(39)18-8-10-19(11-9-18)29(32)33/h5-12,23,25-30,39H,13H2,1-4H3/t23-,25?,26-,27+,28-,30?/m1/s1/i1D,2D,3D,4D. The zero-order chi connectivity index (χ0) is 35.1. The Balaban J connectivity index is 1.91. The van der Waals surface area contributed by atoms with Crippen molar-refractivity contribution < 1.29 is 66.6 Å². The number of carbonyl (C=O) groups is 4. The van der Waals surface area contributed by atoms with Gasteiger partial charge >= 0.3 is 23.9 Å². The van der Waals surface area contributed by atoms with Crippen molar-refractivity contribution >= 4 is 34.8 Å². The number of esters is 4. The second-order valence-corrected chi connectivity index (χ2v) is 9.61. The van der Waals surface area contributed by atoms with Crippen LogP contribution < -0.4 is 0 Å². The molecule has 3 aromatic rings. The number of carbonyl (C=O) groups excluding carboxylic acids is 4. The van der Waals surface area contributed by atoms with Gasteiger partial charge in [-0.05, 0) is 17.7 Å². The fraction of sp³-hybridized carbons (Fsp3) is 0.400. The molecule has 2 heterocycles. The molecule has 0 radical (unpaired) electrons. The molecule has 0 spiro atoms. The zero-order valence-electron chi connectivity index (χ0n) is 26.9. The Morgan fingerprint density at radius 1 is 0.886 bits per heavy atom. The van der Waals surface area contributed by atoms with Gasteiger partial charge in [-0.25, -0.2) is 13.2 Å². The number of aliphatic hydroxyl groups excluding tert-OH is 1. The van der Waals surface area contributed by atoms with E-state index >= 15 is 4.39 Å². The molecule has 0 bridgehead atoms. The van der Waals surface area contributed by atoms with Crippen LogP contribution in [-0.2, 0) is 42.9 Å². The summed E-state index contributed by atoms with van der Waals surface area (Å²) in [6.07, 6.45) is -11.7. The molecule has 2 aromatic carbocycles. The quantitative estimate of drug-likeness (QED) is 0.274. The van der Waals surface area contributed by atoms with Gasteiger partial charge in [-0.1, -0.05) is 30.3 Å². The van der Waals surface area contributed by atoms with Gasteiger partial charge in [-0.15, -0.1) is 0 Å². The Bertz CT molecular complexity index is 1630. The normalized spacial score (nSPS) is 23.5. The van der Waals surface area contributed by atoms with Crippen LogP contribution in [0, 0.1) is 5.82 Å². The monoisotopic (exact) mass is 625 g/mol. The average Bonchev–Trinajstić information content (AvgIpc) is 3.48. The maximum atomic E-state index is 15.5. The number of alkyl halides is 2. The molecule has 0 saturated carbocycles. The van der Waals surface area contributed by atoms with Crippen LogP contribution in [0.1, 0.15) is 68.5 Å². The summed E-state index contributed by atoms with van der Waals surface area (Å²) in [4.78, 5) is 49.2. The van der Waals surface area contributed by atoms with E-state index in [9.17, 15) is 33.1 Å². The van der Waals surface area contributed by atoms with E-state index in [-0.39, 0.29) is 27.6 Å². The molecule has 236 valence electrons. The minimum absolute atomic E-state index is 0.0132. The molecule has 0 aliphatic carbocycles. The number of aliphatic hydroxyl groups is 1. The summed E-state index contributed by atoms with van der Waals surface area (Å²) in [5.41, 5.74) is -0.297. The zero-order valence-corrected chi connectivity index (χ0v) is 22.9. The minimum atomic E-state index is -2.78. The maximum Gasteiger partial charge on any atom is 0.303 e. The van der Waals surface area contributed by atoms with E-state index in [0.29, 0.717) is 0 Å². The molecule has 4 rings (SSSR count). The van der Waals surface area contributed by atoms with Crippen molar-refractivity contribution in [3.63, 3.8) is 0 Å². The van der Waals surface area contributed by atoms with Gasteiger partial charge in [0, 0.05) is 55.8 Å². The highest BCUT2D eigenvalue weighted by molar-refractivity contribution is 5.85. The van der Waals surface area contributed by atoms with Crippen molar-refractivity contribution in [2.75, 3.05) is 6.61 Å². The van der Waals surface area contributed by atoms with Gasteiger partial charge in [0.05, 0.1) is 5.52 Å². The van der Waals surface area contributed by atoms with Crippen LogP contribution in [0.15, 0.2) is 48.7 Å². The van der Waals surface area contributed by atoms with E-state index in [4.69, 9.17) is 29.2 Å². The molecular weight excluding hydrogens is 591 g/mol. The highest BCUT2D eigenvalue weighted by atomic mass is 19.3. The lowest BCUT2D eigenvalue weighted by Gasteiger charge is -2.44. The van der Waals surface area contributed by atoms with Gasteiger partial charge in [-0.3, -0.25) is 19.2 Å². The minimum Gasteiger partial charge on any atom is -0.463 e. The molecule has 1 aliphatic rings. The van der Waals surface area contributed by atoms with Crippen LogP contribution in [0.3, 0.4) is 0 Å². The van der Waals surface area contributed by atoms with Crippen molar-refractivity contribution in [1.29, 1.82) is 0 Å². The number of nitrogens with zero attached hydrogens (tertiary/aromatic N) is 1. The van der Waals surface area contributed by atoms with E-state index in [2.05, 4.69) is 0 Å². The fourth-order valence-corrected chi connectivity index (χ4v) is 5.00. The lowest BCUT2D eigenvalue weighted by atomic mass is 9.97. The second kappa shape index (κ2) is 13.5. The highest BCUT2D eigenvalue weighted by Crippen LogP contribution is 2.40. The molecule has 0 amide bonds. The largest absolute Gasteiger partial charge is 0.463 e. The molecule has 1 saturated heterocycles. The predicted octanol–water partition coefficient (Wildman–Crippen LogP) is 4.06. The van der Waals surface area contributed by atoms with Crippen molar-refractivity contribution in [3.8, 4) is 0 Å². The summed E-state index contributed by atoms with van der Waals surface area (Å²) in [6, 6.07) is 8.42. The van der Waals surface area contributed by atoms with Gasteiger partial charge in [0.25, 0.3) is 6.43 Å².